The van der Waals surface area contributed by atoms with Crippen LogP contribution in [-0.4, -0.2) is 46.9 Å². The van der Waals surface area contributed by atoms with Gasteiger partial charge in [0.1, 0.15) is 12.3 Å². The number of rotatable bonds is 10. The first-order valence-electron chi connectivity index (χ1n) is 11.9. The van der Waals surface area contributed by atoms with Gasteiger partial charge in [0.25, 0.3) is 0 Å². The molecule has 0 bridgehead atoms. The van der Waals surface area contributed by atoms with Gasteiger partial charge in [-0.15, -0.1) is 0 Å². The molecular weight excluding hydrogens is 488 g/mol. The topological polar surface area (TPSA) is 208 Å². The van der Waals surface area contributed by atoms with Gasteiger partial charge in [-0.25, -0.2) is 0 Å². The summed E-state index contributed by atoms with van der Waals surface area (Å²) in [4.78, 5) is 42.1. The highest BCUT2D eigenvalue weighted by Gasteiger charge is 2.08. The van der Waals surface area contributed by atoms with E-state index in [4.69, 9.17) is 21.7 Å². The number of benzene rings is 3. The molecule has 0 saturated heterocycles. The summed E-state index contributed by atoms with van der Waals surface area (Å²) < 4.78 is 0. The molecule has 3 aromatic rings. The molecule has 0 aliphatic carbocycles. The molecule has 10 N–H and O–H groups in total. The quantitative estimate of drug-likeness (QED) is 0.211. The Hall–Kier alpha value is -4.12. The molecule has 0 unspecified atom stereocenters. The van der Waals surface area contributed by atoms with Crippen molar-refractivity contribution in [1.82, 2.24) is 6.15 Å². The van der Waals surface area contributed by atoms with Crippen molar-refractivity contribution < 1.29 is 29.4 Å². The van der Waals surface area contributed by atoms with Crippen LogP contribution in [0.15, 0.2) is 66.7 Å². The Balaban J connectivity index is 0.000000549. The van der Waals surface area contributed by atoms with E-state index in [-0.39, 0.29) is 18.5 Å². The predicted octanol–water partition coefficient (Wildman–Crippen LogP) is 4.00. The Morgan fingerprint density at radius 3 is 2.13 bits per heavy atom. The summed E-state index contributed by atoms with van der Waals surface area (Å²) in [6.07, 6.45) is 3.36. The number of fused-ring (bicyclic) bond motifs is 1. The highest BCUT2D eigenvalue weighted by atomic mass is 16.4. The van der Waals surface area contributed by atoms with Gasteiger partial charge in [-0.3, -0.25) is 19.2 Å². The number of nitrogens with one attached hydrogen (secondary N) is 1. The van der Waals surface area contributed by atoms with Gasteiger partial charge in [0.05, 0.1) is 6.42 Å². The Morgan fingerprint density at radius 1 is 0.974 bits per heavy atom. The van der Waals surface area contributed by atoms with Gasteiger partial charge in [-0.1, -0.05) is 49.4 Å². The average Bonchev–Trinajstić information content (AvgIpc) is 2.88. The summed E-state index contributed by atoms with van der Waals surface area (Å²) >= 11 is 0. The first-order valence-corrected chi connectivity index (χ1v) is 11.9. The average molecular weight is 527 g/mol. The van der Waals surface area contributed by atoms with Crippen molar-refractivity contribution >= 4 is 40.6 Å². The number of carbonyl (C=O) groups is 4. The predicted molar refractivity (Wildman–Crippen MR) is 150 cm³/mol. The lowest BCUT2D eigenvalue weighted by Gasteiger charge is -2.03. The van der Waals surface area contributed by atoms with Crippen molar-refractivity contribution in [2.75, 3.05) is 11.9 Å². The number of aldehydes is 1. The molecule has 0 fully saturated rings. The molecule has 1 atom stereocenters. The normalized spacial score (nSPS) is 10.4. The maximum Gasteiger partial charge on any atom is 0.320 e. The molecule has 0 aromatic heterocycles. The number of carbonyl (C=O) groups excluding carboxylic acids is 2. The zero-order chi connectivity index (χ0) is 27.6. The molecule has 0 aliphatic heterocycles. The van der Waals surface area contributed by atoms with Gasteiger partial charge in [0.15, 0.2) is 0 Å². The second-order valence-corrected chi connectivity index (χ2v) is 8.17. The molecule has 3 rings (SSSR count). The van der Waals surface area contributed by atoms with Crippen LogP contribution in [0.4, 0.5) is 5.69 Å². The maximum absolute atomic E-state index is 11.2. The second-order valence-electron chi connectivity index (χ2n) is 8.17. The van der Waals surface area contributed by atoms with E-state index in [2.05, 4.69) is 5.32 Å². The first kappa shape index (κ1) is 33.9. The molecule has 0 saturated carbocycles. The molecule has 206 valence electrons. The smallest absolute Gasteiger partial charge is 0.320 e. The number of aliphatic carboxylic acids is 2. The van der Waals surface area contributed by atoms with E-state index in [0.717, 1.165) is 34.7 Å². The molecule has 10 nitrogen and oxygen atoms in total. The number of hydrogen-bond donors (Lipinski definition) is 6. The number of carboxylic acid groups (broad SMARTS) is 2. The van der Waals surface area contributed by atoms with Crippen molar-refractivity contribution in [1.29, 1.82) is 0 Å². The number of hydrogen-bond acceptors (Lipinski definition) is 7. The van der Waals surface area contributed by atoms with E-state index in [1.807, 2.05) is 49.4 Å². The number of anilines is 1. The fraction of sp³-hybridized carbons (Fsp3) is 0.286. The summed E-state index contributed by atoms with van der Waals surface area (Å²) in [6, 6.07) is 19.7. The molecule has 10 heteroatoms. The minimum Gasteiger partial charge on any atom is -0.481 e. The Kier molecular flexibility index (Phi) is 17.0. The molecule has 0 heterocycles. The summed E-state index contributed by atoms with van der Waals surface area (Å²) in [5.74, 6) is -1.74. The fourth-order valence-electron chi connectivity index (χ4n) is 3.08. The zero-order valence-corrected chi connectivity index (χ0v) is 21.6. The van der Waals surface area contributed by atoms with Crippen LogP contribution >= 0.6 is 0 Å². The standard InChI is InChI=1S/C12H10O2.C11H13NO2.C5H12N2O2.H3N/c13-12(14)8-9-5-6-10-3-1-2-4-11(10)7-9;1-2-3-11(14)12-10-6-4-9(8-13)5-7-10;6-3-1-2-4(7)5(8)9;/h1-7H,8H2,(H,13,14);4-8H,2-3H2,1H3,(H,12,14);4H,1-3,6-7H2,(H,8,9);1H3/t;;4-;/m..0./s1. The maximum atomic E-state index is 11.2. The molecule has 0 radical (unpaired) electrons. The first-order chi connectivity index (χ1) is 17.7. The summed E-state index contributed by atoms with van der Waals surface area (Å²) in [7, 11) is 0. The summed E-state index contributed by atoms with van der Waals surface area (Å²) in [5.41, 5.74) is 12.5. The lowest BCUT2D eigenvalue weighted by Crippen LogP contribution is -2.30. The van der Waals surface area contributed by atoms with Gasteiger partial charge in [-0.05, 0) is 66.4 Å². The van der Waals surface area contributed by atoms with Crippen molar-refractivity contribution in [3.8, 4) is 0 Å². The minimum absolute atomic E-state index is 0. The van der Waals surface area contributed by atoms with E-state index in [9.17, 15) is 19.2 Å². The molecule has 0 aliphatic rings. The van der Waals surface area contributed by atoms with Crippen molar-refractivity contribution in [3.05, 3.63) is 77.9 Å². The molecule has 3 aromatic carbocycles. The lowest BCUT2D eigenvalue weighted by atomic mass is 10.1. The van der Waals surface area contributed by atoms with Crippen LogP contribution in [0, 0.1) is 0 Å². The summed E-state index contributed by atoms with van der Waals surface area (Å²) in [5, 5.41) is 21.9. The third-order valence-corrected chi connectivity index (χ3v) is 5.01. The monoisotopic (exact) mass is 526 g/mol. The van der Waals surface area contributed by atoms with Gasteiger partial charge < -0.3 is 33.1 Å². The van der Waals surface area contributed by atoms with Crippen LogP contribution < -0.4 is 22.9 Å². The fourth-order valence-corrected chi connectivity index (χ4v) is 3.08. The summed E-state index contributed by atoms with van der Waals surface area (Å²) in [6.45, 7) is 2.45. The van der Waals surface area contributed by atoms with Gasteiger partial charge in [0.2, 0.25) is 5.91 Å². The minimum atomic E-state index is -0.955. The van der Waals surface area contributed by atoms with Crippen molar-refractivity contribution in [2.45, 2.75) is 45.1 Å². The molecule has 38 heavy (non-hydrogen) atoms. The SMILES string of the molecule is CCCC(=O)Nc1ccc(C=O)cc1.N.NCCC[C@H](N)C(=O)O.O=C(O)Cc1ccc2ccccc2c1. The van der Waals surface area contributed by atoms with Crippen LogP contribution in [0.2, 0.25) is 0 Å². The third-order valence-electron chi connectivity index (χ3n) is 5.01. The largest absolute Gasteiger partial charge is 0.481 e. The van der Waals surface area contributed by atoms with Crippen molar-refractivity contribution in [3.63, 3.8) is 0 Å². The molecule has 0 spiro atoms. The molecule has 1 amide bonds. The van der Waals surface area contributed by atoms with Crippen LogP contribution in [0.1, 0.15) is 48.5 Å². The number of carboxylic acids is 2. The van der Waals surface area contributed by atoms with E-state index in [0.29, 0.717) is 31.4 Å². The van der Waals surface area contributed by atoms with E-state index >= 15 is 0 Å². The van der Waals surface area contributed by atoms with Gasteiger partial charge in [0, 0.05) is 17.7 Å². The van der Waals surface area contributed by atoms with E-state index in [1.165, 1.54) is 0 Å². The Bertz CT molecular complexity index is 1150. The zero-order valence-electron chi connectivity index (χ0n) is 21.6. The highest BCUT2D eigenvalue weighted by molar-refractivity contribution is 5.91. The molecular formula is C28H38N4O6. The van der Waals surface area contributed by atoms with Crippen molar-refractivity contribution in [2.24, 2.45) is 11.5 Å². The second kappa shape index (κ2) is 19.1. The highest BCUT2D eigenvalue weighted by Crippen LogP contribution is 2.15. The van der Waals surface area contributed by atoms with Crippen LogP contribution in [0.3, 0.4) is 0 Å². The lowest BCUT2D eigenvalue weighted by molar-refractivity contribution is -0.139. The van der Waals surface area contributed by atoms with Crippen LogP contribution in [-0.2, 0) is 20.8 Å². The van der Waals surface area contributed by atoms with Gasteiger partial charge >= 0.3 is 11.9 Å². The van der Waals surface area contributed by atoms with E-state index in [1.54, 1.807) is 24.3 Å². The van der Waals surface area contributed by atoms with E-state index < -0.39 is 18.0 Å². The van der Waals surface area contributed by atoms with Crippen LogP contribution in [0.5, 0.6) is 0 Å². The number of amides is 1. The Labute approximate surface area is 222 Å². The van der Waals surface area contributed by atoms with Crippen LogP contribution in [0.25, 0.3) is 10.8 Å². The van der Waals surface area contributed by atoms with Gasteiger partial charge in [-0.2, -0.15) is 0 Å². The Morgan fingerprint density at radius 2 is 1.61 bits per heavy atom. The number of nitrogens with two attached hydrogens (primary N) is 2. The third kappa shape index (κ3) is 13.8.